The smallest absolute Gasteiger partial charge is 0.118 e. The van der Waals surface area contributed by atoms with Gasteiger partial charge in [-0.25, -0.2) is 0 Å². The van der Waals surface area contributed by atoms with Crippen molar-refractivity contribution in [3.8, 4) is 0 Å². The second-order valence-corrected chi connectivity index (χ2v) is 6.46. The van der Waals surface area contributed by atoms with E-state index in [2.05, 4.69) is 62.0 Å². The van der Waals surface area contributed by atoms with E-state index in [9.17, 15) is 0 Å². The highest BCUT2D eigenvalue weighted by Crippen LogP contribution is 2.49. The molecule has 1 aliphatic rings. The van der Waals surface area contributed by atoms with Gasteiger partial charge in [0.15, 0.2) is 0 Å². The second kappa shape index (κ2) is 5.12. The third-order valence-electron chi connectivity index (χ3n) is 3.63. The van der Waals surface area contributed by atoms with Crippen molar-refractivity contribution in [2.45, 2.75) is 29.2 Å². The van der Waals surface area contributed by atoms with Crippen molar-refractivity contribution in [1.29, 1.82) is 0 Å². The van der Waals surface area contributed by atoms with Gasteiger partial charge < -0.3 is 4.74 Å². The van der Waals surface area contributed by atoms with Gasteiger partial charge in [-0.15, -0.1) is 0 Å². The standard InChI is InChI=1S/C18H18OS/c1-13(2)12-19-18(3)14-8-4-6-10-16(14)20-17-11-7-5-9-15(17)18/h4-11H,1,12H2,2-3H3. The summed E-state index contributed by atoms with van der Waals surface area (Å²) in [4.78, 5) is 2.55. The van der Waals surface area contributed by atoms with Crippen LogP contribution in [0.2, 0.25) is 0 Å². The fraction of sp³-hybridized carbons (Fsp3) is 0.222. The maximum absolute atomic E-state index is 6.27. The molecule has 3 rings (SSSR count). The van der Waals surface area contributed by atoms with E-state index in [4.69, 9.17) is 4.74 Å². The van der Waals surface area contributed by atoms with Gasteiger partial charge in [-0.3, -0.25) is 0 Å². The molecule has 0 radical (unpaired) electrons. The number of fused-ring (bicyclic) bond motifs is 2. The molecule has 0 amide bonds. The maximum atomic E-state index is 6.27. The van der Waals surface area contributed by atoms with Gasteiger partial charge in [0, 0.05) is 20.9 Å². The van der Waals surface area contributed by atoms with Gasteiger partial charge in [0.1, 0.15) is 5.60 Å². The van der Waals surface area contributed by atoms with Gasteiger partial charge in [0.2, 0.25) is 0 Å². The number of benzene rings is 2. The SMILES string of the molecule is C=C(C)COC1(C)c2ccccc2Sc2ccccc21. The first-order chi connectivity index (χ1) is 9.61. The van der Waals surface area contributed by atoms with Crippen molar-refractivity contribution in [1.82, 2.24) is 0 Å². The zero-order valence-electron chi connectivity index (χ0n) is 11.8. The summed E-state index contributed by atoms with van der Waals surface area (Å²) in [6.07, 6.45) is 0. The molecule has 0 saturated heterocycles. The van der Waals surface area contributed by atoms with Crippen LogP contribution in [0.4, 0.5) is 0 Å². The van der Waals surface area contributed by atoms with Crippen molar-refractivity contribution in [2.75, 3.05) is 6.61 Å². The molecular formula is C18H18OS. The minimum absolute atomic E-state index is 0.405. The third kappa shape index (κ3) is 2.19. The Kier molecular flexibility index (Phi) is 3.45. The second-order valence-electron chi connectivity index (χ2n) is 5.37. The molecule has 0 atom stereocenters. The van der Waals surface area contributed by atoms with Gasteiger partial charge in [0.25, 0.3) is 0 Å². The zero-order chi connectivity index (χ0) is 14.2. The number of hydrogen-bond donors (Lipinski definition) is 0. The van der Waals surface area contributed by atoms with Crippen molar-refractivity contribution < 1.29 is 4.74 Å². The molecular weight excluding hydrogens is 264 g/mol. The van der Waals surface area contributed by atoms with Gasteiger partial charge in [-0.2, -0.15) is 0 Å². The van der Waals surface area contributed by atoms with Gasteiger partial charge >= 0.3 is 0 Å². The quantitative estimate of drug-likeness (QED) is 0.732. The lowest BCUT2D eigenvalue weighted by atomic mass is 9.87. The van der Waals surface area contributed by atoms with Crippen molar-refractivity contribution in [3.05, 3.63) is 71.8 Å². The molecule has 102 valence electrons. The first-order valence-electron chi connectivity index (χ1n) is 6.76. The molecule has 2 heteroatoms. The summed E-state index contributed by atoms with van der Waals surface area (Å²) in [7, 11) is 0. The average molecular weight is 282 g/mol. The molecule has 0 unspecified atom stereocenters. The zero-order valence-corrected chi connectivity index (χ0v) is 12.7. The molecule has 0 aliphatic carbocycles. The molecule has 20 heavy (non-hydrogen) atoms. The van der Waals surface area contributed by atoms with Crippen LogP contribution in [0, 0.1) is 0 Å². The largest absolute Gasteiger partial charge is 0.361 e. The molecule has 0 N–H and O–H groups in total. The summed E-state index contributed by atoms with van der Waals surface area (Å²) < 4.78 is 6.27. The average Bonchev–Trinajstić information content (AvgIpc) is 2.46. The predicted octanol–water partition coefficient (Wildman–Crippen LogP) is 5.01. The van der Waals surface area contributed by atoms with Crippen molar-refractivity contribution in [2.24, 2.45) is 0 Å². The fourth-order valence-corrected chi connectivity index (χ4v) is 3.86. The highest BCUT2D eigenvalue weighted by atomic mass is 32.2. The highest BCUT2D eigenvalue weighted by molar-refractivity contribution is 7.99. The molecule has 1 nitrogen and oxygen atoms in total. The van der Waals surface area contributed by atoms with E-state index in [1.807, 2.05) is 18.7 Å². The maximum Gasteiger partial charge on any atom is 0.118 e. The van der Waals surface area contributed by atoms with E-state index < -0.39 is 5.60 Å². The number of ether oxygens (including phenoxy) is 1. The van der Waals surface area contributed by atoms with E-state index in [0.29, 0.717) is 6.61 Å². The Morgan fingerprint density at radius 3 is 2.05 bits per heavy atom. The molecule has 2 aromatic rings. The molecule has 0 aromatic heterocycles. The van der Waals surface area contributed by atoms with E-state index in [1.165, 1.54) is 20.9 Å². The Morgan fingerprint density at radius 2 is 1.55 bits per heavy atom. The van der Waals surface area contributed by atoms with E-state index in [0.717, 1.165) is 5.57 Å². The summed E-state index contributed by atoms with van der Waals surface area (Å²) in [5.41, 5.74) is 3.12. The lowest BCUT2D eigenvalue weighted by Crippen LogP contribution is -2.31. The summed E-state index contributed by atoms with van der Waals surface area (Å²) in [6.45, 7) is 8.68. The summed E-state index contributed by atoms with van der Waals surface area (Å²) in [6, 6.07) is 17.0. The van der Waals surface area contributed by atoms with Crippen molar-refractivity contribution in [3.63, 3.8) is 0 Å². The molecule has 0 spiro atoms. The van der Waals surface area contributed by atoms with Crippen LogP contribution in [0.15, 0.2) is 70.5 Å². The molecule has 2 aromatic carbocycles. The van der Waals surface area contributed by atoms with Crippen LogP contribution in [0.3, 0.4) is 0 Å². The Bertz CT molecular complexity index is 614. The highest BCUT2D eigenvalue weighted by Gasteiger charge is 2.37. The molecule has 1 aliphatic heterocycles. The predicted molar refractivity (Wildman–Crippen MR) is 84.2 cm³/mol. The normalized spacial score (nSPS) is 15.3. The van der Waals surface area contributed by atoms with Crippen LogP contribution < -0.4 is 0 Å². The first-order valence-corrected chi connectivity index (χ1v) is 7.58. The van der Waals surface area contributed by atoms with Crippen LogP contribution >= 0.6 is 11.8 Å². The van der Waals surface area contributed by atoms with Gasteiger partial charge in [-0.05, 0) is 26.0 Å². The minimum Gasteiger partial charge on any atom is -0.361 e. The Labute approximate surface area is 124 Å². The fourth-order valence-electron chi connectivity index (χ4n) is 2.59. The number of hydrogen-bond acceptors (Lipinski definition) is 2. The van der Waals surface area contributed by atoms with Gasteiger partial charge in [0.05, 0.1) is 6.61 Å². The van der Waals surface area contributed by atoms with Crippen molar-refractivity contribution >= 4 is 11.8 Å². The molecule has 0 fully saturated rings. The third-order valence-corrected chi connectivity index (χ3v) is 4.78. The monoisotopic (exact) mass is 282 g/mol. The van der Waals surface area contributed by atoms with Gasteiger partial charge in [-0.1, -0.05) is 60.3 Å². The van der Waals surface area contributed by atoms with E-state index >= 15 is 0 Å². The Morgan fingerprint density at radius 1 is 1.05 bits per heavy atom. The lowest BCUT2D eigenvalue weighted by Gasteiger charge is -2.37. The molecule has 0 saturated carbocycles. The summed E-state index contributed by atoms with van der Waals surface area (Å²) >= 11 is 1.82. The Hall–Kier alpha value is -1.51. The van der Waals surface area contributed by atoms with Crippen LogP contribution in [0.1, 0.15) is 25.0 Å². The minimum atomic E-state index is -0.405. The number of rotatable bonds is 3. The van der Waals surface area contributed by atoms with E-state index in [1.54, 1.807) is 0 Å². The molecule has 1 heterocycles. The topological polar surface area (TPSA) is 9.23 Å². The first kappa shape index (κ1) is 13.5. The Balaban J connectivity index is 2.14. The van der Waals surface area contributed by atoms with Crippen LogP contribution in [-0.2, 0) is 10.3 Å². The lowest BCUT2D eigenvalue weighted by molar-refractivity contribution is 0.00530. The van der Waals surface area contributed by atoms with Crippen LogP contribution in [-0.4, -0.2) is 6.61 Å². The van der Waals surface area contributed by atoms with Crippen LogP contribution in [0.25, 0.3) is 0 Å². The van der Waals surface area contributed by atoms with Crippen LogP contribution in [0.5, 0.6) is 0 Å². The summed E-state index contributed by atoms with van der Waals surface area (Å²) in [5.74, 6) is 0. The van der Waals surface area contributed by atoms with E-state index in [-0.39, 0.29) is 0 Å². The summed E-state index contributed by atoms with van der Waals surface area (Å²) in [5, 5.41) is 0. The molecule has 0 bridgehead atoms.